The van der Waals surface area contributed by atoms with Gasteiger partial charge in [0.25, 0.3) is 5.91 Å². The van der Waals surface area contributed by atoms with E-state index in [2.05, 4.69) is 5.32 Å². The summed E-state index contributed by atoms with van der Waals surface area (Å²) in [5.41, 5.74) is 5.94. The van der Waals surface area contributed by atoms with Crippen molar-refractivity contribution in [1.82, 2.24) is 0 Å². The zero-order valence-corrected chi connectivity index (χ0v) is 13.6. The second-order valence-corrected chi connectivity index (χ2v) is 5.72. The van der Waals surface area contributed by atoms with Gasteiger partial charge >= 0.3 is 0 Å². The molecule has 1 aliphatic heterocycles. The highest BCUT2D eigenvalue weighted by Crippen LogP contribution is 2.28. The molecule has 7 heteroatoms. The number of methoxy groups -OCH3 is 2. The summed E-state index contributed by atoms with van der Waals surface area (Å²) in [5.74, 6) is 0.847. The molecule has 4 N–H and O–H groups in total. The van der Waals surface area contributed by atoms with Crippen molar-refractivity contribution in [2.24, 2.45) is 11.7 Å². The molecular formula is C16H24N3O4+. The molecule has 0 bridgehead atoms. The van der Waals surface area contributed by atoms with Crippen LogP contribution in [0.1, 0.15) is 12.8 Å². The van der Waals surface area contributed by atoms with Gasteiger partial charge in [-0.25, -0.2) is 0 Å². The Morgan fingerprint density at radius 3 is 2.52 bits per heavy atom. The predicted molar refractivity (Wildman–Crippen MR) is 85.7 cm³/mol. The van der Waals surface area contributed by atoms with Crippen LogP contribution in [0.3, 0.4) is 0 Å². The second-order valence-electron chi connectivity index (χ2n) is 5.72. The van der Waals surface area contributed by atoms with E-state index in [-0.39, 0.29) is 17.7 Å². The van der Waals surface area contributed by atoms with Crippen molar-refractivity contribution >= 4 is 17.5 Å². The van der Waals surface area contributed by atoms with Gasteiger partial charge in [-0.3, -0.25) is 9.59 Å². The fourth-order valence-corrected chi connectivity index (χ4v) is 2.81. The van der Waals surface area contributed by atoms with Crippen LogP contribution in [0, 0.1) is 5.92 Å². The number of amides is 2. The monoisotopic (exact) mass is 322 g/mol. The molecule has 2 rings (SSSR count). The van der Waals surface area contributed by atoms with Gasteiger partial charge in [0.05, 0.1) is 33.0 Å². The number of nitrogens with one attached hydrogen (secondary N) is 2. The molecule has 1 saturated heterocycles. The summed E-state index contributed by atoms with van der Waals surface area (Å²) >= 11 is 0. The van der Waals surface area contributed by atoms with Crippen LogP contribution in [0.4, 0.5) is 5.69 Å². The lowest BCUT2D eigenvalue weighted by Gasteiger charge is -2.27. The molecule has 0 saturated carbocycles. The van der Waals surface area contributed by atoms with Gasteiger partial charge in [-0.2, -0.15) is 0 Å². The first-order valence-electron chi connectivity index (χ1n) is 7.68. The molecule has 0 atom stereocenters. The summed E-state index contributed by atoms with van der Waals surface area (Å²) in [5, 5.41) is 2.86. The van der Waals surface area contributed by atoms with Crippen LogP contribution in [0.15, 0.2) is 18.2 Å². The molecule has 1 aromatic carbocycles. The van der Waals surface area contributed by atoms with Crippen molar-refractivity contribution in [3.05, 3.63) is 18.2 Å². The maximum atomic E-state index is 12.2. The van der Waals surface area contributed by atoms with Crippen molar-refractivity contribution in [3.63, 3.8) is 0 Å². The van der Waals surface area contributed by atoms with E-state index >= 15 is 0 Å². The molecule has 1 fully saturated rings. The Kier molecular flexibility index (Phi) is 5.81. The van der Waals surface area contributed by atoms with Crippen molar-refractivity contribution in [2.75, 3.05) is 39.2 Å². The Morgan fingerprint density at radius 1 is 1.26 bits per heavy atom. The second kappa shape index (κ2) is 7.82. The average molecular weight is 322 g/mol. The Balaban J connectivity index is 1.89. The fraction of sp³-hybridized carbons (Fsp3) is 0.500. The van der Waals surface area contributed by atoms with Gasteiger partial charge in [0.1, 0.15) is 11.5 Å². The molecule has 0 aliphatic carbocycles. The van der Waals surface area contributed by atoms with Crippen LogP contribution in [-0.4, -0.2) is 45.7 Å². The molecule has 23 heavy (non-hydrogen) atoms. The van der Waals surface area contributed by atoms with Crippen molar-refractivity contribution < 1.29 is 24.0 Å². The van der Waals surface area contributed by atoms with E-state index in [0.29, 0.717) is 23.7 Å². The lowest BCUT2D eigenvalue weighted by atomic mass is 9.96. The maximum absolute atomic E-state index is 12.2. The fourth-order valence-electron chi connectivity index (χ4n) is 2.81. The highest BCUT2D eigenvalue weighted by Gasteiger charge is 2.27. The first kappa shape index (κ1) is 17.1. The van der Waals surface area contributed by atoms with Crippen molar-refractivity contribution in [3.8, 4) is 11.5 Å². The third kappa shape index (κ3) is 4.59. The van der Waals surface area contributed by atoms with Crippen LogP contribution in [-0.2, 0) is 9.59 Å². The third-order valence-corrected chi connectivity index (χ3v) is 4.19. The van der Waals surface area contributed by atoms with Gasteiger partial charge in [-0.05, 0) is 12.1 Å². The van der Waals surface area contributed by atoms with Gasteiger partial charge in [-0.1, -0.05) is 0 Å². The van der Waals surface area contributed by atoms with Crippen LogP contribution in [0.25, 0.3) is 0 Å². The summed E-state index contributed by atoms with van der Waals surface area (Å²) in [6.07, 6.45) is 1.48. The number of ether oxygens (including phenoxy) is 2. The summed E-state index contributed by atoms with van der Waals surface area (Å²) in [6, 6.07) is 5.24. The molecule has 7 nitrogen and oxygen atoms in total. The number of carbonyl (C=O) groups excluding carboxylic acids is 2. The van der Waals surface area contributed by atoms with Gasteiger partial charge in [0.15, 0.2) is 6.54 Å². The van der Waals surface area contributed by atoms with E-state index in [1.54, 1.807) is 32.4 Å². The molecule has 0 unspecified atom stereocenters. The minimum absolute atomic E-state index is 0.0523. The van der Waals surface area contributed by atoms with E-state index in [9.17, 15) is 9.59 Å². The quantitative estimate of drug-likeness (QED) is 0.653. The van der Waals surface area contributed by atoms with Crippen LogP contribution in [0.5, 0.6) is 11.5 Å². The third-order valence-electron chi connectivity index (χ3n) is 4.19. The van der Waals surface area contributed by atoms with Gasteiger partial charge in [0, 0.05) is 24.8 Å². The van der Waals surface area contributed by atoms with Gasteiger partial charge in [0.2, 0.25) is 5.91 Å². The normalized spacial score (nSPS) is 20.6. The number of hydrogen-bond donors (Lipinski definition) is 3. The SMILES string of the molecule is COc1ccc(NC(=O)C[NH+]2CCC(C(N)=O)CC2)c(OC)c1. The van der Waals surface area contributed by atoms with Crippen LogP contribution < -0.4 is 25.4 Å². The first-order valence-corrected chi connectivity index (χ1v) is 7.68. The molecule has 2 amide bonds. The minimum Gasteiger partial charge on any atom is -0.497 e. The number of anilines is 1. The lowest BCUT2D eigenvalue weighted by Crippen LogP contribution is -3.14. The van der Waals surface area contributed by atoms with Crippen LogP contribution >= 0.6 is 0 Å². The largest absolute Gasteiger partial charge is 0.497 e. The molecular weight excluding hydrogens is 298 g/mol. The van der Waals surface area contributed by atoms with E-state index in [1.165, 1.54) is 0 Å². The molecule has 126 valence electrons. The number of nitrogens with two attached hydrogens (primary N) is 1. The number of benzene rings is 1. The number of hydrogen-bond acceptors (Lipinski definition) is 4. The maximum Gasteiger partial charge on any atom is 0.279 e. The number of piperidine rings is 1. The van der Waals surface area contributed by atoms with E-state index in [0.717, 1.165) is 30.8 Å². The summed E-state index contributed by atoms with van der Waals surface area (Å²) in [7, 11) is 3.12. The zero-order chi connectivity index (χ0) is 16.8. The number of likely N-dealkylation sites (tertiary alicyclic amines) is 1. The smallest absolute Gasteiger partial charge is 0.279 e. The van der Waals surface area contributed by atoms with Crippen molar-refractivity contribution in [2.45, 2.75) is 12.8 Å². The Morgan fingerprint density at radius 2 is 1.96 bits per heavy atom. The number of carbonyl (C=O) groups is 2. The minimum atomic E-state index is -0.239. The Bertz CT molecular complexity index is 568. The Labute approximate surface area is 135 Å². The predicted octanol–water partition coefficient (Wildman–Crippen LogP) is -0.577. The van der Waals surface area contributed by atoms with Crippen molar-refractivity contribution in [1.29, 1.82) is 0 Å². The molecule has 1 aliphatic rings. The highest BCUT2D eigenvalue weighted by molar-refractivity contribution is 5.93. The number of quaternary nitrogens is 1. The van der Waals surface area contributed by atoms with E-state index in [4.69, 9.17) is 15.2 Å². The highest BCUT2D eigenvalue weighted by atomic mass is 16.5. The number of rotatable bonds is 6. The van der Waals surface area contributed by atoms with E-state index < -0.39 is 0 Å². The topological polar surface area (TPSA) is 95.1 Å². The van der Waals surface area contributed by atoms with Crippen LogP contribution in [0.2, 0.25) is 0 Å². The Hall–Kier alpha value is -2.28. The molecule has 0 radical (unpaired) electrons. The molecule has 1 aromatic rings. The summed E-state index contributed by atoms with van der Waals surface area (Å²) < 4.78 is 10.4. The molecule has 0 aromatic heterocycles. The zero-order valence-electron chi connectivity index (χ0n) is 13.6. The van der Waals surface area contributed by atoms with Gasteiger partial charge < -0.3 is 25.4 Å². The molecule has 0 spiro atoms. The first-order chi connectivity index (χ1) is 11.0. The number of primary amides is 1. The lowest BCUT2D eigenvalue weighted by molar-refractivity contribution is -0.897. The molecule has 1 heterocycles. The van der Waals surface area contributed by atoms with E-state index in [1.807, 2.05) is 0 Å². The summed E-state index contributed by atoms with van der Waals surface area (Å²) in [4.78, 5) is 24.5. The summed E-state index contributed by atoms with van der Waals surface area (Å²) in [6.45, 7) is 1.92. The standard InChI is InChI=1S/C16H23N3O4/c1-22-12-3-4-13(14(9-12)23-2)18-15(20)10-19-7-5-11(6-8-19)16(17)21/h3-4,9,11H,5-8,10H2,1-2H3,(H2,17,21)(H,18,20)/p+1. The van der Waals surface area contributed by atoms with Gasteiger partial charge in [-0.15, -0.1) is 0 Å². The average Bonchev–Trinajstić information content (AvgIpc) is 2.55.